The first-order valence-electron chi connectivity index (χ1n) is 9.86. The van der Waals surface area contributed by atoms with Crippen molar-refractivity contribution in [3.63, 3.8) is 0 Å². The molecule has 0 spiro atoms. The van der Waals surface area contributed by atoms with Crippen molar-refractivity contribution in [1.82, 2.24) is 10.2 Å². The lowest BCUT2D eigenvalue weighted by Crippen LogP contribution is -2.52. The molecule has 2 amide bonds. The van der Waals surface area contributed by atoms with E-state index in [4.69, 9.17) is 11.6 Å². The van der Waals surface area contributed by atoms with Crippen molar-refractivity contribution in [3.8, 4) is 0 Å². The number of anilines is 1. The van der Waals surface area contributed by atoms with Crippen LogP contribution in [0.2, 0.25) is 5.02 Å². The zero-order valence-corrected chi connectivity index (χ0v) is 19.7. The number of amides is 2. The number of carbonyl (C=O) groups excluding carboxylic acids is 2. The first-order valence-corrected chi connectivity index (χ1v) is 12.1. The van der Waals surface area contributed by atoms with E-state index in [1.807, 2.05) is 13.8 Å². The van der Waals surface area contributed by atoms with E-state index in [9.17, 15) is 18.0 Å². The minimum Gasteiger partial charge on any atom is -0.352 e. The Labute approximate surface area is 189 Å². The average Bonchev–Trinajstić information content (AvgIpc) is 2.69. The Bertz CT molecular complexity index is 1010. The van der Waals surface area contributed by atoms with Crippen LogP contribution in [0.4, 0.5) is 5.69 Å². The largest absolute Gasteiger partial charge is 0.352 e. The van der Waals surface area contributed by atoms with Crippen LogP contribution in [-0.4, -0.2) is 50.0 Å². The fraction of sp³-hybridized carbons (Fsp3) is 0.364. The molecule has 2 rings (SSSR count). The molecule has 0 saturated carbocycles. The molecule has 9 heteroatoms. The molecule has 1 N–H and O–H groups in total. The van der Waals surface area contributed by atoms with Gasteiger partial charge in [0.25, 0.3) is 0 Å². The summed E-state index contributed by atoms with van der Waals surface area (Å²) in [7, 11) is -3.73. The second kappa shape index (κ2) is 10.6. The number of halogens is 1. The summed E-state index contributed by atoms with van der Waals surface area (Å²) in [5.41, 5.74) is 1.11. The Morgan fingerprint density at radius 3 is 2.23 bits per heavy atom. The van der Waals surface area contributed by atoms with Crippen LogP contribution in [0.3, 0.4) is 0 Å². The highest BCUT2D eigenvalue weighted by molar-refractivity contribution is 7.92. The van der Waals surface area contributed by atoms with Crippen molar-refractivity contribution in [3.05, 3.63) is 65.2 Å². The lowest BCUT2D eigenvalue weighted by molar-refractivity contribution is -0.139. The van der Waals surface area contributed by atoms with Gasteiger partial charge in [0, 0.05) is 17.6 Å². The molecule has 168 valence electrons. The summed E-state index contributed by atoms with van der Waals surface area (Å²) in [4.78, 5) is 27.3. The lowest BCUT2D eigenvalue weighted by atomic mass is 10.1. The van der Waals surface area contributed by atoms with E-state index < -0.39 is 28.5 Å². The standard InChI is InChI=1S/C22H28ClN3O4S/c1-16(2)24-22(28)17(3)25(14-18-9-8-10-19(23)13-18)21(27)15-26(31(4,29)30)20-11-6-5-7-12-20/h5-13,16-17H,14-15H2,1-4H3,(H,24,28). The maximum Gasteiger partial charge on any atom is 0.244 e. The Hall–Kier alpha value is -2.58. The van der Waals surface area contributed by atoms with Gasteiger partial charge in [0.15, 0.2) is 0 Å². The number of nitrogens with zero attached hydrogens (tertiary/aromatic N) is 2. The predicted octanol–water partition coefficient (Wildman–Crippen LogP) is 3.05. The average molecular weight is 466 g/mol. The molecule has 0 radical (unpaired) electrons. The molecule has 0 heterocycles. The van der Waals surface area contributed by atoms with Crippen LogP contribution in [0.1, 0.15) is 26.3 Å². The molecule has 0 saturated heterocycles. The van der Waals surface area contributed by atoms with Crippen LogP contribution in [0.15, 0.2) is 54.6 Å². The van der Waals surface area contributed by atoms with Gasteiger partial charge >= 0.3 is 0 Å². The van der Waals surface area contributed by atoms with Crippen molar-refractivity contribution in [2.45, 2.75) is 39.4 Å². The highest BCUT2D eigenvalue weighted by Crippen LogP contribution is 2.19. The van der Waals surface area contributed by atoms with Crippen molar-refractivity contribution in [1.29, 1.82) is 0 Å². The zero-order chi connectivity index (χ0) is 23.2. The van der Waals surface area contributed by atoms with E-state index >= 15 is 0 Å². The van der Waals surface area contributed by atoms with E-state index in [0.29, 0.717) is 10.7 Å². The van der Waals surface area contributed by atoms with Gasteiger partial charge in [0.1, 0.15) is 12.6 Å². The summed E-state index contributed by atoms with van der Waals surface area (Å²) in [6, 6.07) is 14.4. The number of carbonyl (C=O) groups is 2. The number of benzene rings is 2. The van der Waals surface area contributed by atoms with Crippen LogP contribution in [0.25, 0.3) is 0 Å². The number of rotatable bonds is 9. The first-order chi connectivity index (χ1) is 14.5. The topological polar surface area (TPSA) is 86.8 Å². The summed E-state index contributed by atoms with van der Waals surface area (Å²) >= 11 is 6.07. The van der Waals surface area contributed by atoms with E-state index in [0.717, 1.165) is 16.1 Å². The third-order valence-electron chi connectivity index (χ3n) is 4.56. The van der Waals surface area contributed by atoms with Crippen LogP contribution in [-0.2, 0) is 26.2 Å². The fourth-order valence-electron chi connectivity index (χ4n) is 3.03. The van der Waals surface area contributed by atoms with Crippen LogP contribution < -0.4 is 9.62 Å². The highest BCUT2D eigenvalue weighted by atomic mass is 35.5. The van der Waals surface area contributed by atoms with Crippen molar-refractivity contribution in [2.75, 3.05) is 17.1 Å². The molecule has 2 aromatic rings. The number of sulfonamides is 1. The zero-order valence-electron chi connectivity index (χ0n) is 18.1. The van der Waals surface area contributed by atoms with Gasteiger partial charge < -0.3 is 10.2 Å². The minimum absolute atomic E-state index is 0.102. The molecule has 0 aliphatic rings. The molecule has 0 bridgehead atoms. The molecule has 31 heavy (non-hydrogen) atoms. The van der Waals surface area contributed by atoms with Crippen LogP contribution in [0.5, 0.6) is 0 Å². The molecular formula is C22H28ClN3O4S. The summed E-state index contributed by atoms with van der Waals surface area (Å²) in [6.07, 6.45) is 1.05. The van der Waals surface area contributed by atoms with Gasteiger partial charge in [-0.05, 0) is 50.6 Å². The van der Waals surface area contributed by atoms with Gasteiger partial charge in [-0.15, -0.1) is 0 Å². The van der Waals surface area contributed by atoms with Gasteiger partial charge in [-0.2, -0.15) is 0 Å². The number of hydrogen-bond acceptors (Lipinski definition) is 4. The van der Waals surface area contributed by atoms with Crippen LogP contribution in [0, 0.1) is 0 Å². The normalized spacial score (nSPS) is 12.3. The maximum absolute atomic E-state index is 13.3. The van der Waals surface area contributed by atoms with E-state index in [-0.39, 0.29) is 18.5 Å². The SMILES string of the molecule is CC(C)NC(=O)C(C)N(Cc1cccc(Cl)c1)C(=O)CN(c1ccccc1)S(C)(=O)=O. The molecule has 0 fully saturated rings. The van der Waals surface area contributed by atoms with Crippen molar-refractivity contribution in [2.24, 2.45) is 0 Å². The summed E-state index contributed by atoms with van der Waals surface area (Å²) in [6.45, 7) is 4.96. The first kappa shape index (κ1) is 24.7. The Kier molecular flexibility index (Phi) is 8.47. The van der Waals surface area contributed by atoms with E-state index in [1.54, 1.807) is 61.5 Å². The van der Waals surface area contributed by atoms with E-state index in [1.165, 1.54) is 4.90 Å². The monoisotopic (exact) mass is 465 g/mol. The summed E-state index contributed by atoms with van der Waals surface area (Å²) < 4.78 is 25.8. The molecule has 0 aliphatic carbocycles. The molecule has 1 unspecified atom stereocenters. The number of para-hydroxylation sites is 1. The number of hydrogen-bond donors (Lipinski definition) is 1. The molecular weight excluding hydrogens is 438 g/mol. The quantitative estimate of drug-likeness (QED) is 0.616. The van der Waals surface area contributed by atoms with Gasteiger partial charge in [0.05, 0.1) is 11.9 Å². The summed E-state index contributed by atoms with van der Waals surface area (Å²) in [5.74, 6) is -0.823. The highest BCUT2D eigenvalue weighted by Gasteiger charge is 2.30. The third-order valence-corrected chi connectivity index (χ3v) is 5.94. The Morgan fingerprint density at radius 2 is 1.68 bits per heavy atom. The number of nitrogens with one attached hydrogen (secondary N) is 1. The molecule has 0 aromatic heterocycles. The molecule has 0 aliphatic heterocycles. The van der Waals surface area contributed by atoms with E-state index in [2.05, 4.69) is 5.32 Å². The maximum atomic E-state index is 13.3. The Morgan fingerprint density at radius 1 is 1.03 bits per heavy atom. The molecule has 2 aromatic carbocycles. The molecule has 1 atom stereocenters. The van der Waals surface area contributed by atoms with Gasteiger partial charge in [-0.1, -0.05) is 41.9 Å². The van der Waals surface area contributed by atoms with Crippen molar-refractivity contribution < 1.29 is 18.0 Å². The van der Waals surface area contributed by atoms with Gasteiger partial charge in [0.2, 0.25) is 21.8 Å². The minimum atomic E-state index is -3.73. The summed E-state index contributed by atoms with van der Waals surface area (Å²) in [5, 5.41) is 3.31. The van der Waals surface area contributed by atoms with Crippen LogP contribution >= 0.6 is 11.6 Å². The van der Waals surface area contributed by atoms with Gasteiger partial charge in [-0.25, -0.2) is 8.42 Å². The van der Waals surface area contributed by atoms with Gasteiger partial charge in [-0.3, -0.25) is 13.9 Å². The molecule has 7 nitrogen and oxygen atoms in total. The fourth-order valence-corrected chi connectivity index (χ4v) is 4.09. The predicted molar refractivity (Wildman–Crippen MR) is 123 cm³/mol. The van der Waals surface area contributed by atoms with Crippen molar-refractivity contribution >= 4 is 39.1 Å². The Balaban J connectivity index is 2.36. The lowest BCUT2D eigenvalue weighted by Gasteiger charge is -2.31. The second-order valence-corrected chi connectivity index (χ2v) is 9.94. The second-order valence-electron chi connectivity index (χ2n) is 7.60. The third kappa shape index (κ3) is 7.25. The smallest absolute Gasteiger partial charge is 0.244 e.